The van der Waals surface area contributed by atoms with Crippen LogP contribution in [0.15, 0.2) is 36.4 Å². The fourth-order valence-corrected chi connectivity index (χ4v) is 2.51. The average Bonchev–Trinajstić information content (AvgIpc) is 3.45. The Kier molecular flexibility index (Phi) is 5.69. The zero-order valence-electron chi connectivity index (χ0n) is 16.1. The van der Waals surface area contributed by atoms with Crippen molar-refractivity contribution in [1.82, 2.24) is 4.98 Å². The number of ether oxygens (including phenoxy) is 1. The smallest absolute Gasteiger partial charge is 0.406 e. The van der Waals surface area contributed by atoms with Gasteiger partial charge in [0.15, 0.2) is 5.67 Å². The maximum absolute atomic E-state index is 13.9. The van der Waals surface area contributed by atoms with E-state index >= 15 is 0 Å². The number of nitrogens with one attached hydrogen (secondary N) is 2. The Labute approximate surface area is 169 Å². The van der Waals surface area contributed by atoms with Crippen molar-refractivity contribution in [2.75, 3.05) is 10.6 Å². The highest BCUT2D eigenvalue weighted by Gasteiger charge is 2.32. The highest BCUT2D eigenvalue weighted by atomic mass is 19.4. The largest absolute Gasteiger partial charge is 0.573 e. The number of rotatable bonds is 6. The number of anilines is 2. The molecule has 30 heavy (non-hydrogen) atoms. The molecule has 1 aromatic heterocycles. The van der Waals surface area contributed by atoms with Gasteiger partial charge in [0.1, 0.15) is 17.4 Å². The first-order valence-corrected chi connectivity index (χ1v) is 9.10. The zero-order valence-corrected chi connectivity index (χ0v) is 16.1. The lowest BCUT2D eigenvalue weighted by molar-refractivity contribution is -0.274. The molecule has 2 amide bonds. The molecule has 0 aliphatic heterocycles. The number of aromatic nitrogens is 1. The summed E-state index contributed by atoms with van der Waals surface area (Å²) in [6.07, 6.45) is -3.27. The minimum absolute atomic E-state index is 0.00931. The van der Waals surface area contributed by atoms with Crippen LogP contribution in [0.5, 0.6) is 5.75 Å². The van der Waals surface area contributed by atoms with Gasteiger partial charge in [0.05, 0.1) is 0 Å². The average molecular weight is 425 g/mol. The molecular formula is C20H19F4N3O3. The molecule has 6 nitrogen and oxygen atoms in total. The van der Waals surface area contributed by atoms with Crippen LogP contribution in [0.3, 0.4) is 0 Å². The maximum Gasteiger partial charge on any atom is 0.573 e. The second-order valence-corrected chi connectivity index (χ2v) is 7.39. The Morgan fingerprint density at radius 1 is 0.967 bits per heavy atom. The van der Waals surface area contributed by atoms with Crippen LogP contribution in [-0.2, 0) is 9.59 Å². The van der Waals surface area contributed by atoms with Gasteiger partial charge in [0, 0.05) is 5.92 Å². The number of nitrogens with zero attached hydrogens (tertiary/aromatic N) is 1. The minimum Gasteiger partial charge on any atom is -0.406 e. The van der Waals surface area contributed by atoms with Gasteiger partial charge in [-0.3, -0.25) is 9.59 Å². The van der Waals surface area contributed by atoms with E-state index < -0.39 is 23.7 Å². The summed E-state index contributed by atoms with van der Waals surface area (Å²) < 4.78 is 54.7. The van der Waals surface area contributed by atoms with Crippen LogP contribution in [0.2, 0.25) is 0 Å². The normalized spacial score (nSPS) is 14.2. The number of alkyl halides is 4. The predicted molar refractivity (Wildman–Crippen MR) is 102 cm³/mol. The number of carbonyl (C=O) groups is 2. The Balaban J connectivity index is 1.90. The van der Waals surface area contributed by atoms with Gasteiger partial charge >= 0.3 is 6.36 Å². The van der Waals surface area contributed by atoms with Gasteiger partial charge in [-0.25, -0.2) is 9.37 Å². The van der Waals surface area contributed by atoms with Crippen molar-refractivity contribution < 1.29 is 31.9 Å². The predicted octanol–water partition coefficient (Wildman–Crippen LogP) is 4.68. The lowest BCUT2D eigenvalue weighted by Gasteiger charge is -2.16. The van der Waals surface area contributed by atoms with Crippen LogP contribution in [0.4, 0.5) is 29.2 Å². The van der Waals surface area contributed by atoms with E-state index in [0.717, 1.165) is 38.8 Å². The first kappa shape index (κ1) is 21.5. The third-order valence-corrected chi connectivity index (χ3v) is 4.23. The van der Waals surface area contributed by atoms with E-state index in [-0.39, 0.29) is 23.5 Å². The molecule has 2 aromatic rings. The first-order chi connectivity index (χ1) is 13.9. The van der Waals surface area contributed by atoms with E-state index in [1.165, 1.54) is 24.3 Å². The van der Waals surface area contributed by atoms with Crippen LogP contribution in [-0.4, -0.2) is 28.8 Å². The van der Waals surface area contributed by atoms with Crippen molar-refractivity contribution >= 4 is 23.5 Å². The first-order valence-electron chi connectivity index (χ1n) is 9.10. The summed E-state index contributed by atoms with van der Waals surface area (Å²) in [6, 6.07) is 7.97. The van der Waals surface area contributed by atoms with Gasteiger partial charge in [-0.1, -0.05) is 12.1 Å². The van der Waals surface area contributed by atoms with E-state index in [4.69, 9.17) is 0 Å². The monoisotopic (exact) mass is 425 g/mol. The fraction of sp³-hybridized carbons (Fsp3) is 0.350. The molecule has 160 valence electrons. The van der Waals surface area contributed by atoms with Crippen molar-refractivity contribution in [1.29, 1.82) is 0 Å². The van der Waals surface area contributed by atoms with E-state index in [9.17, 15) is 27.2 Å². The Bertz CT molecular complexity index is 949. The molecule has 0 saturated heterocycles. The molecule has 0 bridgehead atoms. The molecule has 10 heteroatoms. The molecule has 3 rings (SSSR count). The number of benzene rings is 1. The molecule has 1 aromatic carbocycles. The van der Waals surface area contributed by atoms with E-state index in [2.05, 4.69) is 20.4 Å². The molecule has 0 spiro atoms. The molecule has 1 aliphatic rings. The van der Waals surface area contributed by atoms with Crippen molar-refractivity contribution in [2.45, 2.75) is 38.7 Å². The molecular weight excluding hydrogens is 406 g/mol. The lowest BCUT2D eigenvalue weighted by atomic mass is 10.1. The maximum atomic E-state index is 13.9. The Hall–Kier alpha value is -3.17. The van der Waals surface area contributed by atoms with Gasteiger partial charge in [-0.15, -0.1) is 13.2 Å². The summed E-state index contributed by atoms with van der Waals surface area (Å²) in [6.45, 7) is 2.17. The lowest BCUT2D eigenvalue weighted by Crippen LogP contribution is -2.33. The minimum atomic E-state index is -4.81. The SMILES string of the molecule is CC(C)(F)C(=O)Nc1cc(-c2ccc(OC(F)(F)F)cc2)cc(NC(=O)C2CC2)n1. The van der Waals surface area contributed by atoms with Gasteiger partial charge < -0.3 is 15.4 Å². The second kappa shape index (κ2) is 7.92. The van der Waals surface area contributed by atoms with Crippen LogP contribution in [0.25, 0.3) is 11.1 Å². The number of carbonyl (C=O) groups excluding carboxylic acids is 2. The van der Waals surface area contributed by atoms with Crippen molar-refractivity contribution in [3.05, 3.63) is 36.4 Å². The van der Waals surface area contributed by atoms with Crippen LogP contribution < -0.4 is 15.4 Å². The third kappa shape index (κ3) is 5.91. The Morgan fingerprint density at radius 2 is 1.53 bits per heavy atom. The number of hydrogen-bond donors (Lipinski definition) is 2. The number of halogens is 4. The molecule has 1 aliphatic carbocycles. The summed E-state index contributed by atoms with van der Waals surface area (Å²) >= 11 is 0. The molecule has 1 saturated carbocycles. The van der Waals surface area contributed by atoms with Crippen molar-refractivity contribution in [3.8, 4) is 16.9 Å². The Morgan fingerprint density at radius 3 is 2.03 bits per heavy atom. The van der Waals surface area contributed by atoms with E-state index in [1.807, 2.05) is 0 Å². The topological polar surface area (TPSA) is 80.3 Å². The van der Waals surface area contributed by atoms with Crippen molar-refractivity contribution in [3.63, 3.8) is 0 Å². The van der Waals surface area contributed by atoms with Crippen molar-refractivity contribution in [2.24, 2.45) is 5.92 Å². The van der Waals surface area contributed by atoms with Gasteiger partial charge in [-0.2, -0.15) is 0 Å². The fourth-order valence-electron chi connectivity index (χ4n) is 2.51. The summed E-state index contributed by atoms with van der Waals surface area (Å²) in [5, 5.41) is 4.98. The molecule has 0 unspecified atom stereocenters. The van der Waals surface area contributed by atoms with Gasteiger partial charge in [0.25, 0.3) is 5.91 Å². The molecule has 2 N–H and O–H groups in total. The van der Waals surface area contributed by atoms with Crippen LogP contribution in [0.1, 0.15) is 26.7 Å². The van der Waals surface area contributed by atoms with Gasteiger partial charge in [-0.05, 0) is 62.1 Å². The van der Waals surface area contributed by atoms with Crippen LogP contribution >= 0.6 is 0 Å². The third-order valence-electron chi connectivity index (χ3n) is 4.23. The molecule has 1 heterocycles. The summed E-state index contributed by atoms with van der Waals surface area (Å²) in [7, 11) is 0. The number of amides is 2. The zero-order chi connectivity index (χ0) is 22.1. The second-order valence-electron chi connectivity index (χ2n) is 7.39. The summed E-state index contributed by atoms with van der Waals surface area (Å²) in [5.74, 6) is -1.53. The molecule has 1 fully saturated rings. The highest BCUT2D eigenvalue weighted by Crippen LogP contribution is 2.32. The van der Waals surface area contributed by atoms with Crippen LogP contribution in [0, 0.1) is 5.92 Å². The number of pyridine rings is 1. The quantitative estimate of drug-likeness (QED) is 0.659. The highest BCUT2D eigenvalue weighted by molar-refractivity contribution is 5.97. The van der Waals surface area contributed by atoms with E-state index in [0.29, 0.717) is 11.1 Å². The van der Waals surface area contributed by atoms with E-state index in [1.54, 1.807) is 0 Å². The summed E-state index contributed by atoms with van der Waals surface area (Å²) in [4.78, 5) is 28.2. The standard InChI is InChI=1S/C20H19F4N3O3/c1-19(2,21)18(29)27-16-10-13(9-15(25-16)26-17(28)12-3-4-12)11-5-7-14(8-6-11)30-20(22,23)24/h5-10,12H,3-4H2,1-2H3,(H2,25,26,27,28,29). The number of hydrogen-bond acceptors (Lipinski definition) is 4. The van der Waals surface area contributed by atoms with Gasteiger partial charge in [0.2, 0.25) is 5.91 Å². The molecule has 0 atom stereocenters. The molecule has 0 radical (unpaired) electrons. The summed E-state index contributed by atoms with van der Waals surface area (Å²) in [5.41, 5.74) is -1.24.